The van der Waals surface area contributed by atoms with Crippen LogP contribution >= 0.6 is 0 Å². The highest BCUT2D eigenvalue weighted by Gasteiger charge is 2.13. The van der Waals surface area contributed by atoms with Crippen molar-refractivity contribution in [3.8, 4) is 0 Å². The fourth-order valence-corrected chi connectivity index (χ4v) is 2.82. The molecule has 118 valence electrons. The number of carbonyl (C=O) groups excluding carboxylic acids is 1. The Hall–Kier alpha value is -1.36. The standard InChI is InChI=1S/C16H25NO3S/c1-4-6-8-13(5-2)12-17-16(18)14-9-7-10-15(11-14)21(3,19)20/h7,9-11,13H,4-6,8,12H2,1-3H3,(H,17,18)/t13-/m0/s1. The van der Waals surface area contributed by atoms with Gasteiger partial charge in [0.2, 0.25) is 0 Å². The summed E-state index contributed by atoms with van der Waals surface area (Å²) in [6, 6.07) is 6.16. The smallest absolute Gasteiger partial charge is 0.251 e. The van der Waals surface area contributed by atoms with Gasteiger partial charge in [0.1, 0.15) is 0 Å². The monoisotopic (exact) mass is 311 g/mol. The first-order valence-corrected chi connectivity index (χ1v) is 9.36. The van der Waals surface area contributed by atoms with Gasteiger partial charge in [-0.25, -0.2) is 8.42 Å². The summed E-state index contributed by atoms with van der Waals surface area (Å²) >= 11 is 0. The van der Waals surface area contributed by atoms with Crippen LogP contribution in [0.15, 0.2) is 29.2 Å². The van der Waals surface area contributed by atoms with Crippen molar-refractivity contribution in [2.75, 3.05) is 12.8 Å². The normalized spacial score (nSPS) is 12.9. The van der Waals surface area contributed by atoms with Crippen molar-refractivity contribution in [1.82, 2.24) is 5.32 Å². The minimum Gasteiger partial charge on any atom is -0.352 e. The third kappa shape index (κ3) is 5.87. The van der Waals surface area contributed by atoms with Crippen LogP contribution in [0.1, 0.15) is 49.9 Å². The van der Waals surface area contributed by atoms with Crippen molar-refractivity contribution in [3.63, 3.8) is 0 Å². The van der Waals surface area contributed by atoms with Crippen molar-refractivity contribution in [3.05, 3.63) is 29.8 Å². The SMILES string of the molecule is CCCC[C@H](CC)CNC(=O)c1cccc(S(C)(=O)=O)c1. The van der Waals surface area contributed by atoms with E-state index in [2.05, 4.69) is 19.2 Å². The van der Waals surface area contributed by atoms with Crippen molar-refractivity contribution >= 4 is 15.7 Å². The van der Waals surface area contributed by atoms with E-state index in [1.165, 1.54) is 12.1 Å². The second-order valence-corrected chi connectivity index (χ2v) is 7.44. The number of unbranched alkanes of at least 4 members (excludes halogenated alkanes) is 1. The van der Waals surface area contributed by atoms with Gasteiger partial charge in [-0.05, 0) is 30.5 Å². The molecule has 0 aliphatic rings. The minimum atomic E-state index is -3.29. The van der Waals surface area contributed by atoms with Crippen LogP contribution in [0.5, 0.6) is 0 Å². The quantitative estimate of drug-likeness (QED) is 0.802. The molecule has 5 heteroatoms. The van der Waals surface area contributed by atoms with Crippen LogP contribution < -0.4 is 5.32 Å². The molecule has 4 nitrogen and oxygen atoms in total. The van der Waals surface area contributed by atoms with E-state index in [1.807, 2.05) is 0 Å². The van der Waals surface area contributed by atoms with E-state index < -0.39 is 9.84 Å². The molecule has 0 fully saturated rings. The minimum absolute atomic E-state index is 0.174. The molecule has 1 atom stereocenters. The van der Waals surface area contributed by atoms with Crippen molar-refractivity contribution in [2.45, 2.75) is 44.4 Å². The van der Waals surface area contributed by atoms with Crippen LogP contribution in [0.2, 0.25) is 0 Å². The van der Waals surface area contributed by atoms with Gasteiger partial charge in [-0.3, -0.25) is 4.79 Å². The van der Waals surface area contributed by atoms with Crippen molar-refractivity contribution < 1.29 is 13.2 Å². The highest BCUT2D eigenvalue weighted by atomic mass is 32.2. The van der Waals surface area contributed by atoms with E-state index >= 15 is 0 Å². The first-order chi connectivity index (χ1) is 9.88. The topological polar surface area (TPSA) is 63.2 Å². The summed E-state index contributed by atoms with van der Waals surface area (Å²) in [6.45, 7) is 4.91. The van der Waals surface area contributed by atoms with E-state index in [4.69, 9.17) is 0 Å². The molecular weight excluding hydrogens is 286 g/mol. The zero-order valence-corrected chi connectivity index (χ0v) is 13.9. The van der Waals surface area contributed by atoms with Gasteiger partial charge in [-0.2, -0.15) is 0 Å². The third-order valence-electron chi connectivity index (χ3n) is 3.62. The molecule has 1 rings (SSSR count). The molecule has 21 heavy (non-hydrogen) atoms. The number of benzene rings is 1. The van der Waals surface area contributed by atoms with Crippen LogP contribution in [-0.4, -0.2) is 27.1 Å². The van der Waals surface area contributed by atoms with Crippen LogP contribution in [0.25, 0.3) is 0 Å². The average Bonchev–Trinajstić information content (AvgIpc) is 2.46. The zero-order chi connectivity index (χ0) is 15.9. The van der Waals surface area contributed by atoms with Crippen LogP contribution in [0.3, 0.4) is 0 Å². The molecule has 1 N–H and O–H groups in total. The molecule has 0 unspecified atom stereocenters. The lowest BCUT2D eigenvalue weighted by molar-refractivity contribution is 0.0945. The molecule has 1 amide bonds. The molecule has 0 radical (unpaired) electrons. The first kappa shape index (κ1) is 17.7. The summed E-state index contributed by atoms with van der Waals surface area (Å²) in [5.74, 6) is 0.266. The number of amides is 1. The Morgan fingerprint density at radius 3 is 2.57 bits per heavy atom. The maximum atomic E-state index is 12.1. The molecule has 1 aromatic rings. The Labute approximate surface area is 127 Å². The number of nitrogens with one attached hydrogen (secondary N) is 1. The van der Waals surface area contributed by atoms with E-state index in [1.54, 1.807) is 12.1 Å². The number of sulfone groups is 1. The van der Waals surface area contributed by atoms with Gasteiger partial charge in [-0.1, -0.05) is 39.2 Å². The second-order valence-electron chi connectivity index (χ2n) is 5.43. The predicted molar refractivity (Wildman–Crippen MR) is 85.2 cm³/mol. The number of hydrogen-bond donors (Lipinski definition) is 1. The van der Waals surface area contributed by atoms with Crippen LogP contribution in [0.4, 0.5) is 0 Å². The lowest BCUT2D eigenvalue weighted by Gasteiger charge is -2.15. The highest BCUT2D eigenvalue weighted by Crippen LogP contribution is 2.13. The van der Waals surface area contributed by atoms with Crippen LogP contribution in [-0.2, 0) is 9.84 Å². The Morgan fingerprint density at radius 2 is 2.00 bits per heavy atom. The highest BCUT2D eigenvalue weighted by molar-refractivity contribution is 7.90. The van der Waals surface area contributed by atoms with Crippen LogP contribution in [0, 0.1) is 5.92 Å². The molecule has 0 spiro atoms. The maximum Gasteiger partial charge on any atom is 0.251 e. The maximum absolute atomic E-state index is 12.1. The average molecular weight is 311 g/mol. The molecule has 0 aliphatic heterocycles. The second kappa shape index (κ2) is 8.17. The molecule has 0 aromatic heterocycles. The number of carbonyl (C=O) groups is 1. The largest absolute Gasteiger partial charge is 0.352 e. The van der Waals surface area contributed by atoms with Gasteiger partial charge in [-0.15, -0.1) is 0 Å². The van der Waals surface area contributed by atoms with Gasteiger partial charge in [0.25, 0.3) is 5.91 Å². The van der Waals surface area contributed by atoms with E-state index in [9.17, 15) is 13.2 Å². The Morgan fingerprint density at radius 1 is 1.29 bits per heavy atom. The van der Waals surface area contributed by atoms with Gasteiger partial charge < -0.3 is 5.32 Å². The van der Waals surface area contributed by atoms with E-state index in [-0.39, 0.29) is 10.8 Å². The fraction of sp³-hybridized carbons (Fsp3) is 0.562. The lowest BCUT2D eigenvalue weighted by Crippen LogP contribution is -2.29. The zero-order valence-electron chi connectivity index (χ0n) is 13.1. The van der Waals surface area contributed by atoms with E-state index in [0.717, 1.165) is 31.9 Å². The van der Waals surface area contributed by atoms with E-state index in [0.29, 0.717) is 18.0 Å². The first-order valence-electron chi connectivity index (χ1n) is 7.46. The van der Waals surface area contributed by atoms with Crippen molar-refractivity contribution in [1.29, 1.82) is 0 Å². The molecule has 1 aromatic carbocycles. The van der Waals surface area contributed by atoms with Gasteiger partial charge in [0, 0.05) is 18.4 Å². The Kier molecular flexibility index (Phi) is 6.89. The third-order valence-corrected chi connectivity index (χ3v) is 4.73. The van der Waals surface area contributed by atoms with Crippen molar-refractivity contribution in [2.24, 2.45) is 5.92 Å². The van der Waals surface area contributed by atoms with Gasteiger partial charge >= 0.3 is 0 Å². The van der Waals surface area contributed by atoms with Gasteiger partial charge in [0.05, 0.1) is 4.90 Å². The predicted octanol–water partition coefficient (Wildman–Crippen LogP) is 3.04. The molecule has 0 aliphatic carbocycles. The summed E-state index contributed by atoms with van der Waals surface area (Å²) < 4.78 is 23.0. The molecule has 0 bridgehead atoms. The fourth-order valence-electron chi connectivity index (χ4n) is 2.15. The number of rotatable bonds is 8. The molecule has 0 heterocycles. The summed E-state index contributed by atoms with van der Waals surface area (Å²) in [7, 11) is -3.29. The summed E-state index contributed by atoms with van der Waals surface area (Å²) in [6.07, 6.45) is 5.60. The summed E-state index contributed by atoms with van der Waals surface area (Å²) in [5, 5.41) is 2.90. The lowest BCUT2D eigenvalue weighted by atomic mass is 9.99. The number of hydrogen-bond acceptors (Lipinski definition) is 3. The Bertz CT molecular complexity index is 567. The summed E-state index contributed by atoms with van der Waals surface area (Å²) in [4.78, 5) is 12.3. The Balaban J connectivity index is 2.67. The van der Waals surface area contributed by atoms with Gasteiger partial charge in [0.15, 0.2) is 9.84 Å². The molecule has 0 saturated carbocycles. The summed E-state index contributed by atoms with van der Waals surface area (Å²) in [5.41, 5.74) is 0.392. The molecule has 0 saturated heterocycles. The molecular formula is C16H25NO3S.